The molecule has 5 rings (SSSR count). The highest BCUT2D eigenvalue weighted by Gasteiger charge is 2.35. The van der Waals surface area contributed by atoms with Crippen LogP contribution in [0.1, 0.15) is 53.8 Å². The lowest BCUT2D eigenvalue weighted by Crippen LogP contribution is -2.49. The Balaban J connectivity index is 1.19. The largest absolute Gasteiger partial charge is 0.444 e. The van der Waals surface area contributed by atoms with E-state index in [4.69, 9.17) is 4.74 Å². The molecular formula is C29H32F3N7O5S. The Hall–Kier alpha value is -4.31. The van der Waals surface area contributed by atoms with Crippen molar-refractivity contribution in [2.45, 2.75) is 57.5 Å². The number of ether oxygens (including phenoxy) is 1. The third-order valence-corrected chi connectivity index (χ3v) is 8.99. The smallest absolute Gasteiger partial charge is 0.433 e. The van der Waals surface area contributed by atoms with E-state index in [1.807, 2.05) is 0 Å². The van der Waals surface area contributed by atoms with Crippen molar-refractivity contribution >= 4 is 33.7 Å². The van der Waals surface area contributed by atoms with Gasteiger partial charge in [-0.25, -0.2) is 23.2 Å². The summed E-state index contributed by atoms with van der Waals surface area (Å²) in [7, 11) is -3.91. The number of benzene rings is 1. The van der Waals surface area contributed by atoms with Gasteiger partial charge in [-0.1, -0.05) is 0 Å². The number of piperazine rings is 1. The molecule has 45 heavy (non-hydrogen) atoms. The zero-order chi connectivity index (χ0) is 32.7. The highest BCUT2D eigenvalue weighted by atomic mass is 32.2. The minimum atomic E-state index is -4.62. The Kier molecular flexibility index (Phi) is 8.48. The number of nitrogens with zero attached hydrogens (tertiary/aromatic N) is 6. The highest BCUT2D eigenvalue weighted by Crippen LogP contribution is 2.30. The van der Waals surface area contributed by atoms with Crippen molar-refractivity contribution < 1.29 is 35.9 Å². The number of aryl methyl sites for hydroxylation is 1. The van der Waals surface area contributed by atoms with Gasteiger partial charge < -0.3 is 15.0 Å². The molecule has 12 nitrogen and oxygen atoms in total. The molecule has 0 saturated carbocycles. The van der Waals surface area contributed by atoms with Gasteiger partial charge in [0.2, 0.25) is 16.0 Å². The average Bonchev–Trinajstić information content (AvgIpc) is 3.40. The summed E-state index contributed by atoms with van der Waals surface area (Å²) in [6.45, 7) is 7.58. The predicted molar refractivity (Wildman–Crippen MR) is 157 cm³/mol. The molecule has 1 aromatic carbocycles. The van der Waals surface area contributed by atoms with Crippen LogP contribution in [0.25, 0.3) is 0 Å². The summed E-state index contributed by atoms with van der Waals surface area (Å²) < 4.78 is 72.8. The van der Waals surface area contributed by atoms with Crippen molar-refractivity contribution in [2.75, 3.05) is 36.4 Å². The maximum absolute atomic E-state index is 13.3. The minimum absolute atomic E-state index is 0.00143. The fraction of sp³-hybridized carbons (Fsp3) is 0.414. The maximum atomic E-state index is 13.3. The number of nitrogens with one attached hydrogen (secondary N) is 1. The van der Waals surface area contributed by atoms with Crippen LogP contribution in [0.4, 0.5) is 29.6 Å². The van der Waals surface area contributed by atoms with Crippen LogP contribution in [0.15, 0.2) is 47.5 Å². The molecule has 0 bridgehead atoms. The fourth-order valence-corrected chi connectivity index (χ4v) is 6.29. The molecule has 0 atom stereocenters. The molecular weight excluding hydrogens is 615 g/mol. The number of hydrogen-bond donors (Lipinski definition) is 1. The number of carbonyl (C=O) groups is 2. The monoisotopic (exact) mass is 647 g/mol. The van der Waals surface area contributed by atoms with Gasteiger partial charge >= 0.3 is 12.3 Å². The van der Waals surface area contributed by atoms with E-state index in [-0.39, 0.29) is 61.4 Å². The van der Waals surface area contributed by atoms with Crippen LogP contribution < -0.4 is 10.2 Å². The lowest BCUT2D eigenvalue weighted by molar-refractivity contribution is -0.141. The lowest BCUT2D eigenvalue weighted by Gasteiger charge is -2.34. The molecule has 2 aromatic heterocycles. The molecule has 1 N–H and O–H groups in total. The molecule has 2 amide bonds. The molecule has 3 aromatic rings. The predicted octanol–water partition coefficient (Wildman–Crippen LogP) is 4.21. The average molecular weight is 648 g/mol. The van der Waals surface area contributed by atoms with E-state index >= 15 is 0 Å². The Morgan fingerprint density at radius 2 is 1.62 bits per heavy atom. The summed E-state index contributed by atoms with van der Waals surface area (Å²) in [4.78, 5) is 40.4. The normalized spacial score (nSPS) is 16.0. The number of sulfonamides is 1. The van der Waals surface area contributed by atoms with Crippen LogP contribution in [0.2, 0.25) is 0 Å². The molecule has 2 aliphatic heterocycles. The SMILES string of the molecule is Cc1cc(C(F)(F)F)nc(N2CCN(S(=O)(=O)c3ccc(NC(=O)c4cnc5c(c4)CN(C(=O)OC(C)(C)C)C5)cc3)CC2)n1. The first kappa shape index (κ1) is 32.1. The van der Waals surface area contributed by atoms with Gasteiger partial charge in [-0.2, -0.15) is 17.5 Å². The van der Waals surface area contributed by atoms with E-state index in [9.17, 15) is 31.2 Å². The van der Waals surface area contributed by atoms with E-state index in [2.05, 4.69) is 20.3 Å². The van der Waals surface area contributed by atoms with Crippen molar-refractivity contribution in [2.24, 2.45) is 0 Å². The Labute approximate surface area is 258 Å². The fourth-order valence-electron chi connectivity index (χ4n) is 4.87. The van der Waals surface area contributed by atoms with E-state index in [0.717, 1.165) is 11.6 Å². The number of hydrogen-bond acceptors (Lipinski definition) is 9. The molecule has 0 aliphatic carbocycles. The third kappa shape index (κ3) is 7.33. The van der Waals surface area contributed by atoms with Gasteiger partial charge in [-0.15, -0.1) is 0 Å². The number of pyridine rings is 1. The summed E-state index contributed by atoms with van der Waals surface area (Å²) in [5, 5.41) is 2.72. The van der Waals surface area contributed by atoms with Crippen LogP contribution in [0.5, 0.6) is 0 Å². The zero-order valence-corrected chi connectivity index (χ0v) is 25.9. The Morgan fingerprint density at radius 1 is 0.956 bits per heavy atom. The number of carbonyl (C=O) groups excluding carboxylic acids is 2. The summed E-state index contributed by atoms with van der Waals surface area (Å²) >= 11 is 0. The summed E-state index contributed by atoms with van der Waals surface area (Å²) in [5.41, 5.74) is 0.496. The molecule has 1 fully saturated rings. The minimum Gasteiger partial charge on any atom is -0.444 e. The second-order valence-electron chi connectivity index (χ2n) is 11.7. The van der Waals surface area contributed by atoms with E-state index < -0.39 is 39.5 Å². The molecule has 1 saturated heterocycles. The number of halogens is 3. The van der Waals surface area contributed by atoms with Crippen molar-refractivity contribution in [3.8, 4) is 0 Å². The van der Waals surface area contributed by atoms with Gasteiger partial charge in [0.15, 0.2) is 0 Å². The Bertz CT molecular complexity index is 1720. The van der Waals surface area contributed by atoms with Crippen molar-refractivity contribution in [1.29, 1.82) is 0 Å². The van der Waals surface area contributed by atoms with Crippen LogP contribution in [0, 0.1) is 6.92 Å². The van der Waals surface area contributed by atoms with E-state index in [0.29, 0.717) is 11.4 Å². The molecule has 2 aliphatic rings. The summed E-state index contributed by atoms with van der Waals surface area (Å²) in [5.74, 6) is -0.557. The first-order valence-corrected chi connectivity index (χ1v) is 15.5. The van der Waals surface area contributed by atoms with Crippen LogP contribution in [0.3, 0.4) is 0 Å². The van der Waals surface area contributed by atoms with Crippen LogP contribution >= 0.6 is 0 Å². The number of rotatable bonds is 5. The topological polar surface area (TPSA) is 138 Å². The number of aromatic nitrogens is 3. The van der Waals surface area contributed by atoms with Crippen LogP contribution in [-0.2, 0) is 34.0 Å². The molecule has 240 valence electrons. The van der Waals surface area contributed by atoms with Crippen molar-refractivity contribution in [3.05, 3.63) is 70.8 Å². The van der Waals surface area contributed by atoms with Gasteiger partial charge in [0, 0.05) is 43.8 Å². The first-order chi connectivity index (χ1) is 21.0. The second-order valence-corrected chi connectivity index (χ2v) is 13.7. The molecule has 0 spiro atoms. The molecule has 0 radical (unpaired) electrons. The number of amides is 2. The lowest BCUT2D eigenvalue weighted by atomic mass is 10.1. The van der Waals surface area contributed by atoms with Gasteiger partial charge in [-0.3, -0.25) is 14.7 Å². The van der Waals surface area contributed by atoms with Gasteiger partial charge in [-0.05, 0) is 69.7 Å². The van der Waals surface area contributed by atoms with Gasteiger partial charge in [0.1, 0.15) is 11.3 Å². The van der Waals surface area contributed by atoms with E-state index in [1.54, 1.807) is 26.8 Å². The van der Waals surface area contributed by atoms with Crippen molar-refractivity contribution in [3.63, 3.8) is 0 Å². The second kappa shape index (κ2) is 11.9. The van der Waals surface area contributed by atoms with Gasteiger partial charge in [0.05, 0.1) is 29.2 Å². The standard InChI is InChI=1S/C29H32F3N7O5S/c1-18-13-24(29(30,31)32)36-26(34-18)37-9-11-39(12-10-37)45(42,43)22-7-5-21(6-8-22)35-25(40)19-14-20-16-38(17-23(20)33-15-19)27(41)44-28(2,3)4/h5-8,13-15H,9-12,16-17H2,1-4H3,(H,35,40). The number of alkyl halides is 3. The summed E-state index contributed by atoms with van der Waals surface area (Å²) in [6.07, 6.45) is -3.68. The number of fused-ring (bicyclic) bond motifs is 1. The maximum Gasteiger partial charge on any atom is 0.433 e. The quantitative estimate of drug-likeness (QED) is 0.432. The Morgan fingerprint density at radius 3 is 2.24 bits per heavy atom. The molecule has 4 heterocycles. The third-order valence-electron chi connectivity index (χ3n) is 7.08. The first-order valence-electron chi connectivity index (χ1n) is 14.0. The van der Waals surface area contributed by atoms with Crippen LogP contribution in [-0.4, -0.2) is 76.4 Å². The number of anilines is 2. The molecule has 0 unspecified atom stereocenters. The summed E-state index contributed by atoms with van der Waals surface area (Å²) in [6, 6.07) is 8.19. The van der Waals surface area contributed by atoms with Gasteiger partial charge in [0.25, 0.3) is 5.91 Å². The zero-order valence-electron chi connectivity index (χ0n) is 25.1. The molecule has 16 heteroatoms. The highest BCUT2D eigenvalue weighted by molar-refractivity contribution is 7.89. The van der Waals surface area contributed by atoms with Crippen molar-refractivity contribution in [1.82, 2.24) is 24.2 Å². The van der Waals surface area contributed by atoms with E-state index in [1.165, 1.54) is 51.5 Å².